The highest BCUT2D eigenvalue weighted by atomic mass is 17.2. The highest BCUT2D eigenvalue weighted by Gasteiger charge is 2.64. The van der Waals surface area contributed by atoms with E-state index in [-0.39, 0.29) is 12.2 Å². The highest BCUT2D eigenvalue weighted by Crippen LogP contribution is 2.57. The zero-order valence-electron chi connectivity index (χ0n) is 16.9. The van der Waals surface area contributed by atoms with Gasteiger partial charge in [0.1, 0.15) is 17.3 Å². The van der Waals surface area contributed by atoms with Crippen molar-refractivity contribution < 1.29 is 29.1 Å². The third-order valence-electron chi connectivity index (χ3n) is 6.43. The third-order valence-corrected chi connectivity index (χ3v) is 6.43. The minimum atomic E-state index is -1.63. The molecule has 2 aliphatic rings. The lowest BCUT2D eigenvalue weighted by atomic mass is 9.61. The summed E-state index contributed by atoms with van der Waals surface area (Å²) in [6.45, 7) is 1.78. The predicted molar refractivity (Wildman–Crippen MR) is 105 cm³/mol. The Balaban J connectivity index is 1.85. The Hall–Kier alpha value is -2.41. The number of ether oxygens (including phenoxy) is 2. The van der Waals surface area contributed by atoms with Crippen molar-refractivity contribution in [1.82, 2.24) is 0 Å². The quantitative estimate of drug-likeness (QED) is 0.791. The number of carbonyl (C=O) groups excluding carboxylic acids is 1. The zero-order chi connectivity index (χ0) is 20.7. The molecule has 1 saturated carbocycles. The third kappa shape index (κ3) is 3.03. The molecule has 0 amide bonds. The van der Waals surface area contributed by atoms with E-state index in [0.29, 0.717) is 30.8 Å². The number of ketones is 1. The van der Waals surface area contributed by atoms with E-state index in [9.17, 15) is 9.90 Å². The molecule has 0 spiro atoms. The Bertz CT molecular complexity index is 843. The molecule has 29 heavy (non-hydrogen) atoms. The van der Waals surface area contributed by atoms with Gasteiger partial charge in [-0.2, -0.15) is 4.89 Å². The van der Waals surface area contributed by atoms with Crippen LogP contribution >= 0.6 is 0 Å². The number of carbonyl (C=O) groups is 1. The first-order valence-electron chi connectivity index (χ1n) is 9.78. The van der Waals surface area contributed by atoms with E-state index < -0.39 is 16.8 Å². The van der Waals surface area contributed by atoms with Gasteiger partial charge in [0.05, 0.1) is 19.6 Å². The van der Waals surface area contributed by atoms with Crippen molar-refractivity contribution in [2.24, 2.45) is 5.41 Å². The fourth-order valence-corrected chi connectivity index (χ4v) is 4.48. The van der Waals surface area contributed by atoms with Crippen molar-refractivity contribution in [2.75, 3.05) is 14.2 Å². The molecule has 0 radical (unpaired) electrons. The summed E-state index contributed by atoms with van der Waals surface area (Å²) in [6.07, 6.45) is 1.61. The molecule has 154 valence electrons. The summed E-state index contributed by atoms with van der Waals surface area (Å²) in [5.74, 6) is -0.218. The first-order valence-corrected chi connectivity index (χ1v) is 9.78. The number of aliphatic hydroxyl groups is 1. The van der Waals surface area contributed by atoms with Gasteiger partial charge in [-0.15, -0.1) is 0 Å². The molecular formula is C23H26O6. The van der Waals surface area contributed by atoms with Crippen molar-refractivity contribution in [2.45, 2.75) is 44.0 Å². The standard InChI is InChI=1S/C23H26O6/c1-21-15-22(16-6-10-18(26-2)11-7-16,17-8-12-19(27-3)13-9-17)28-29-23(21,25)14-4-5-20(21)24/h6-13,25H,4-5,14-15H2,1-3H3. The molecule has 1 saturated heterocycles. The first-order chi connectivity index (χ1) is 13.9. The predicted octanol–water partition coefficient (Wildman–Crippen LogP) is 3.75. The fourth-order valence-electron chi connectivity index (χ4n) is 4.48. The Morgan fingerprint density at radius 3 is 1.90 bits per heavy atom. The van der Waals surface area contributed by atoms with Gasteiger partial charge >= 0.3 is 0 Å². The number of hydrogen-bond donors (Lipinski definition) is 1. The average Bonchev–Trinajstić information content (AvgIpc) is 2.75. The second kappa shape index (κ2) is 7.13. The maximum absolute atomic E-state index is 13.0. The molecule has 2 aromatic carbocycles. The lowest BCUT2D eigenvalue weighted by molar-refractivity contribution is -0.510. The van der Waals surface area contributed by atoms with Crippen molar-refractivity contribution >= 4 is 5.78 Å². The number of methoxy groups -OCH3 is 2. The van der Waals surface area contributed by atoms with Gasteiger partial charge in [0.2, 0.25) is 5.79 Å². The van der Waals surface area contributed by atoms with Gasteiger partial charge in [0, 0.05) is 19.3 Å². The molecule has 6 heteroatoms. The molecule has 1 aliphatic heterocycles. The Kier molecular flexibility index (Phi) is 4.89. The van der Waals surface area contributed by atoms with Crippen LogP contribution in [0.3, 0.4) is 0 Å². The lowest BCUT2D eigenvalue weighted by Crippen LogP contribution is -2.63. The summed E-state index contributed by atoms with van der Waals surface area (Å²) in [6, 6.07) is 15.0. The molecule has 1 N–H and O–H groups in total. The van der Waals surface area contributed by atoms with E-state index in [1.807, 2.05) is 48.5 Å². The van der Waals surface area contributed by atoms with Crippen LogP contribution in [0.5, 0.6) is 11.5 Å². The molecule has 0 aromatic heterocycles. The molecule has 1 heterocycles. The molecule has 2 fully saturated rings. The summed E-state index contributed by atoms with van der Waals surface area (Å²) in [5, 5.41) is 11.1. The van der Waals surface area contributed by atoms with Crippen LogP contribution in [0.15, 0.2) is 48.5 Å². The molecule has 1 aliphatic carbocycles. The molecule has 6 nitrogen and oxygen atoms in total. The minimum absolute atomic E-state index is 0.0130. The number of fused-ring (bicyclic) bond motifs is 1. The maximum Gasteiger partial charge on any atom is 0.211 e. The summed E-state index contributed by atoms with van der Waals surface area (Å²) in [5.41, 5.74) is -0.536. The summed E-state index contributed by atoms with van der Waals surface area (Å²) >= 11 is 0. The van der Waals surface area contributed by atoms with Gasteiger partial charge < -0.3 is 14.6 Å². The Morgan fingerprint density at radius 1 is 0.897 bits per heavy atom. The van der Waals surface area contributed by atoms with Crippen LogP contribution in [0.25, 0.3) is 0 Å². The first kappa shape index (κ1) is 19.9. The van der Waals surface area contributed by atoms with Crippen LogP contribution in [0.2, 0.25) is 0 Å². The van der Waals surface area contributed by atoms with Crippen LogP contribution in [0.4, 0.5) is 0 Å². The summed E-state index contributed by atoms with van der Waals surface area (Å²) in [4.78, 5) is 24.6. The van der Waals surface area contributed by atoms with E-state index in [1.165, 1.54) is 0 Å². The molecular weight excluding hydrogens is 372 g/mol. The van der Waals surface area contributed by atoms with Crippen LogP contribution < -0.4 is 9.47 Å². The Labute approximate surface area is 170 Å². The maximum atomic E-state index is 13.0. The van der Waals surface area contributed by atoms with Crippen molar-refractivity contribution in [3.8, 4) is 11.5 Å². The normalized spacial score (nSPS) is 28.5. The van der Waals surface area contributed by atoms with E-state index in [2.05, 4.69) is 0 Å². The van der Waals surface area contributed by atoms with Crippen LogP contribution in [0, 0.1) is 5.41 Å². The van der Waals surface area contributed by atoms with Gasteiger partial charge in [-0.05, 0) is 48.7 Å². The van der Waals surface area contributed by atoms with Gasteiger partial charge in [0.15, 0.2) is 5.60 Å². The monoisotopic (exact) mass is 398 g/mol. The highest BCUT2D eigenvalue weighted by molar-refractivity contribution is 5.86. The van der Waals surface area contributed by atoms with E-state index in [0.717, 1.165) is 11.1 Å². The Morgan fingerprint density at radius 2 is 1.41 bits per heavy atom. The molecule has 2 unspecified atom stereocenters. The van der Waals surface area contributed by atoms with Crippen molar-refractivity contribution in [3.63, 3.8) is 0 Å². The molecule has 0 bridgehead atoms. The summed E-state index contributed by atoms with van der Waals surface area (Å²) < 4.78 is 10.6. The topological polar surface area (TPSA) is 74.2 Å². The van der Waals surface area contributed by atoms with E-state index in [1.54, 1.807) is 21.1 Å². The van der Waals surface area contributed by atoms with Gasteiger partial charge in [0.25, 0.3) is 0 Å². The number of rotatable bonds is 4. The fraction of sp³-hybridized carbons (Fsp3) is 0.435. The van der Waals surface area contributed by atoms with Crippen LogP contribution in [0.1, 0.15) is 43.7 Å². The zero-order valence-corrected chi connectivity index (χ0v) is 16.9. The van der Waals surface area contributed by atoms with Crippen molar-refractivity contribution in [1.29, 1.82) is 0 Å². The molecule has 2 aromatic rings. The summed E-state index contributed by atoms with van der Waals surface area (Å²) in [7, 11) is 3.21. The number of hydrogen-bond acceptors (Lipinski definition) is 6. The van der Waals surface area contributed by atoms with Gasteiger partial charge in [-0.3, -0.25) is 4.79 Å². The number of Topliss-reactive ketones (excluding diaryl/α,β-unsaturated/α-hetero) is 1. The second-order valence-corrected chi connectivity index (χ2v) is 8.02. The van der Waals surface area contributed by atoms with Crippen molar-refractivity contribution in [3.05, 3.63) is 59.7 Å². The lowest BCUT2D eigenvalue weighted by Gasteiger charge is -2.54. The minimum Gasteiger partial charge on any atom is -0.497 e. The second-order valence-electron chi connectivity index (χ2n) is 8.02. The van der Waals surface area contributed by atoms with E-state index >= 15 is 0 Å². The van der Waals surface area contributed by atoms with Crippen LogP contribution in [-0.4, -0.2) is 30.9 Å². The average molecular weight is 398 g/mol. The van der Waals surface area contributed by atoms with Gasteiger partial charge in [-0.1, -0.05) is 24.3 Å². The number of benzene rings is 2. The smallest absolute Gasteiger partial charge is 0.211 e. The molecule has 2 atom stereocenters. The molecule has 4 rings (SSSR count). The van der Waals surface area contributed by atoms with Gasteiger partial charge in [-0.25, -0.2) is 4.89 Å². The SMILES string of the molecule is COc1ccc(C2(c3ccc(OC)cc3)CC3(C)C(=O)CCCC3(O)OO2)cc1. The van der Waals surface area contributed by atoms with E-state index in [4.69, 9.17) is 19.2 Å². The largest absolute Gasteiger partial charge is 0.497 e. The van der Waals surface area contributed by atoms with Crippen LogP contribution in [-0.2, 0) is 20.2 Å².